The fraction of sp³-hybridized carbons (Fsp3) is 0.286. The van der Waals surface area contributed by atoms with Crippen molar-refractivity contribution in [2.24, 2.45) is 0 Å². The third-order valence-corrected chi connectivity index (χ3v) is 1.68. The van der Waals surface area contributed by atoms with Crippen molar-refractivity contribution >= 4 is 17.6 Å². The second kappa shape index (κ2) is 3.57. The molecule has 0 aromatic carbocycles. The Hall–Kier alpha value is -1.36. The van der Waals surface area contributed by atoms with E-state index in [2.05, 4.69) is 9.72 Å². The number of halogens is 1. The average molecular weight is 203 g/mol. The van der Waals surface area contributed by atoms with E-state index >= 15 is 0 Å². The maximum Gasteiger partial charge on any atom is 0.363 e. The van der Waals surface area contributed by atoms with Crippen molar-refractivity contribution in [3.63, 3.8) is 0 Å². The van der Waals surface area contributed by atoms with E-state index in [1.54, 1.807) is 0 Å². The fourth-order valence-electron chi connectivity index (χ4n) is 0.805. The van der Waals surface area contributed by atoms with Gasteiger partial charge in [0, 0.05) is 6.92 Å². The molecule has 5 nitrogen and oxygen atoms in total. The first-order chi connectivity index (χ1) is 6.06. The molecule has 0 N–H and O–H groups in total. The number of methoxy groups -OCH3 is 1. The Kier molecular flexibility index (Phi) is 2.67. The van der Waals surface area contributed by atoms with E-state index in [1.807, 2.05) is 0 Å². The fourth-order valence-corrected chi connectivity index (χ4v) is 0.978. The Labute approximate surface area is 79.5 Å². The predicted molar refractivity (Wildman–Crippen MR) is 44.3 cm³/mol. The van der Waals surface area contributed by atoms with Crippen LogP contribution in [0.5, 0.6) is 0 Å². The van der Waals surface area contributed by atoms with Crippen LogP contribution in [-0.2, 0) is 4.74 Å². The van der Waals surface area contributed by atoms with Crippen molar-refractivity contribution in [1.29, 1.82) is 0 Å². The number of carbonyl (C=O) groups excluding carboxylic acids is 1. The molecule has 0 fully saturated rings. The van der Waals surface area contributed by atoms with E-state index in [4.69, 9.17) is 11.6 Å². The highest BCUT2D eigenvalue weighted by Gasteiger charge is 2.19. The zero-order valence-electron chi connectivity index (χ0n) is 7.07. The lowest BCUT2D eigenvalue weighted by molar-refractivity contribution is -0.613. The van der Waals surface area contributed by atoms with E-state index in [0.717, 1.165) is 6.20 Å². The van der Waals surface area contributed by atoms with Gasteiger partial charge >= 0.3 is 5.97 Å². The first kappa shape index (κ1) is 9.73. The molecule has 0 saturated heterocycles. The first-order valence-corrected chi connectivity index (χ1v) is 3.78. The van der Waals surface area contributed by atoms with Gasteiger partial charge < -0.3 is 9.94 Å². The molecular weight excluding hydrogens is 196 g/mol. The molecule has 0 aliphatic rings. The van der Waals surface area contributed by atoms with Crippen LogP contribution in [0.25, 0.3) is 0 Å². The summed E-state index contributed by atoms with van der Waals surface area (Å²) in [4.78, 5) is 14.7. The highest BCUT2D eigenvalue weighted by Crippen LogP contribution is 2.06. The van der Waals surface area contributed by atoms with Crippen LogP contribution < -0.4 is 4.73 Å². The van der Waals surface area contributed by atoms with E-state index in [0.29, 0.717) is 4.73 Å². The van der Waals surface area contributed by atoms with Crippen molar-refractivity contribution in [1.82, 2.24) is 4.98 Å². The van der Waals surface area contributed by atoms with Crippen LogP contribution in [0, 0.1) is 12.1 Å². The Morgan fingerprint density at radius 2 is 2.38 bits per heavy atom. The Morgan fingerprint density at radius 3 is 2.92 bits per heavy atom. The van der Waals surface area contributed by atoms with E-state index in [-0.39, 0.29) is 16.5 Å². The summed E-state index contributed by atoms with van der Waals surface area (Å²) in [6.45, 7) is 1.46. The number of esters is 1. The molecular formula is C7H7ClN2O3. The van der Waals surface area contributed by atoms with Crippen molar-refractivity contribution in [3.05, 3.63) is 27.9 Å². The number of aromatic nitrogens is 2. The third-order valence-electron chi connectivity index (χ3n) is 1.49. The normalized spacial score (nSPS) is 9.77. The summed E-state index contributed by atoms with van der Waals surface area (Å²) in [5.74, 6) is -0.676. The maximum atomic E-state index is 11.1. The molecule has 1 heterocycles. The van der Waals surface area contributed by atoms with E-state index in [1.165, 1.54) is 14.0 Å². The zero-order valence-corrected chi connectivity index (χ0v) is 7.83. The van der Waals surface area contributed by atoms with Crippen LogP contribution in [0.3, 0.4) is 0 Å². The number of hydrogen-bond donors (Lipinski definition) is 0. The molecule has 13 heavy (non-hydrogen) atoms. The second-order valence-electron chi connectivity index (χ2n) is 2.32. The highest BCUT2D eigenvalue weighted by molar-refractivity contribution is 6.29. The summed E-state index contributed by atoms with van der Waals surface area (Å²) < 4.78 is 4.89. The van der Waals surface area contributed by atoms with Gasteiger partial charge in [0.05, 0.1) is 7.11 Å². The quantitative estimate of drug-likeness (QED) is 0.377. The Balaban J connectivity index is 3.28. The number of nitrogens with zero attached hydrogens (tertiary/aromatic N) is 2. The van der Waals surface area contributed by atoms with Crippen molar-refractivity contribution in [2.45, 2.75) is 6.92 Å². The molecule has 1 aromatic heterocycles. The molecule has 0 atom stereocenters. The van der Waals surface area contributed by atoms with Crippen LogP contribution in [0.1, 0.15) is 16.2 Å². The second-order valence-corrected chi connectivity index (χ2v) is 2.70. The van der Waals surface area contributed by atoms with E-state index < -0.39 is 5.97 Å². The zero-order chi connectivity index (χ0) is 10.0. The lowest BCUT2D eigenvalue weighted by Crippen LogP contribution is -2.33. The van der Waals surface area contributed by atoms with E-state index in [9.17, 15) is 10.0 Å². The molecule has 70 valence electrons. The minimum Gasteiger partial charge on any atom is -0.618 e. The van der Waals surface area contributed by atoms with Gasteiger partial charge in [-0.2, -0.15) is 4.73 Å². The maximum absolute atomic E-state index is 11.1. The van der Waals surface area contributed by atoms with Crippen molar-refractivity contribution in [2.75, 3.05) is 7.11 Å². The summed E-state index contributed by atoms with van der Waals surface area (Å²) >= 11 is 5.48. The minimum atomic E-state index is -0.676. The average Bonchev–Trinajstić information content (AvgIpc) is 2.10. The first-order valence-electron chi connectivity index (χ1n) is 3.41. The summed E-state index contributed by atoms with van der Waals surface area (Å²) in [7, 11) is 1.21. The van der Waals surface area contributed by atoms with Gasteiger partial charge in [-0.25, -0.2) is 9.78 Å². The summed E-state index contributed by atoms with van der Waals surface area (Å²) in [5.41, 5.74) is 0.0984. The molecule has 0 spiro atoms. The number of hydrogen-bond acceptors (Lipinski definition) is 4. The van der Waals surface area contributed by atoms with Gasteiger partial charge in [0.2, 0.25) is 17.6 Å². The Morgan fingerprint density at radius 1 is 1.77 bits per heavy atom. The molecule has 0 unspecified atom stereocenters. The smallest absolute Gasteiger partial charge is 0.363 e. The van der Waals surface area contributed by atoms with Gasteiger partial charge in [-0.15, -0.1) is 0 Å². The topological polar surface area (TPSA) is 66.1 Å². The SMILES string of the molecule is COC(=O)c1nc(Cl)c[n+]([O-])c1C. The third kappa shape index (κ3) is 1.86. The summed E-state index contributed by atoms with van der Waals surface area (Å²) in [5, 5.41) is 11.0. The summed E-state index contributed by atoms with van der Waals surface area (Å²) in [6.07, 6.45) is 1.07. The van der Waals surface area contributed by atoms with Crippen LogP contribution in [0.2, 0.25) is 5.15 Å². The summed E-state index contributed by atoms with van der Waals surface area (Å²) in [6, 6.07) is 0. The predicted octanol–water partition coefficient (Wildman–Crippen LogP) is 0.463. The molecule has 6 heteroatoms. The molecule has 0 saturated carbocycles. The lowest BCUT2D eigenvalue weighted by atomic mass is 10.3. The molecule has 0 radical (unpaired) electrons. The van der Waals surface area contributed by atoms with Gasteiger partial charge in [-0.05, 0) is 0 Å². The largest absolute Gasteiger partial charge is 0.618 e. The molecule has 0 aliphatic heterocycles. The molecule has 1 rings (SSSR count). The van der Waals surface area contributed by atoms with Crippen molar-refractivity contribution in [3.8, 4) is 0 Å². The van der Waals surface area contributed by atoms with Gasteiger partial charge in [-0.1, -0.05) is 11.6 Å². The van der Waals surface area contributed by atoms with Crippen molar-refractivity contribution < 1.29 is 14.3 Å². The molecule has 0 aliphatic carbocycles. The number of carbonyl (C=O) groups is 1. The van der Waals surface area contributed by atoms with Crippen LogP contribution >= 0.6 is 11.6 Å². The van der Waals surface area contributed by atoms with Crippen LogP contribution in [0.4, 0.5) is 0 Å². The standard InChI is InChI=1S/C7H7ClN2O3/c1-4-6(7(11)13-2)9-5(8)3-10(4)12/h3H,1-2H3. The number of ether oxygens (including phenoxy) is 1. The van der Waals surface area contributed by atoms with Gasteiger partial charge in [0.15, 0.2) is 5.15 Å². The van der Waals surface area contributed by atoms with Crippen LogP contribution in [0.15, 0.2) is 6.20 Å². The lowest BCUT2D eigenvalue weighted by Gasteiger charge is -2.04. The monoisotopic (exact) mass is 202 g/mol. The Bertz CT molecular complexity index is 354. The highest BCUT2D eigenvalue weighted by atomic mass is 35.5. The molecule has 1 aromatic rings. The van der Waals surface area contributed by atoms with Gasteiger partial charge in [0.25, 0.3) is 0 Å². The molecule has 0 bridgehead atoms. The van der Waals surface area contributed by atoms with Crippen LogP contribution in [-0.4, -0.2) is 18.1 Å². The van der Waals surface area contributed by atoms with Gasteiger partial charge in [0.1, 0.15) is 0 Å². The number of rotatable bonds is 1. The molecule has 0 amide bonds. The van der Waals surface area contributed by atoms with Gasteiger partial charge in [-0.3, -0.25) is 0 Å². The minimum absolute atomic E-state index is 0.0407.